The van der Waals surface area contributed by atoms with E-state index < -0.39 is 5.92 Å². The molecule has 1 aromatic rings. The van der Waals surface area contributed by atoms with Crippen molar-refractivity contribution in [1.82, 2.24) is 4.90 Å². The van der Waals surface area contributed by atoms with Crippen molar-refractivity contribution in [3.8, 4) is 5.75 Å². The van der Waals surface area contributed by atoms with Gasteiger partial charge in [0.05, 0.1) is 26.7 Å². The van der Waals surface area contributed by atoms with E-state index in [1.165, 1.54) is 7.11 Å². The molecule has 0 aliphatic heterocycles. The Balaban J connectivity index is 2.84. The second kappa shape index (κ2) is 9.04. The Labute approximate surface area is 131 Å². The molecule has 0 N–H and O–H groups in total. The lowest BCUT2D eigenvalue weighted by Crippen LogP contribution is -2.39. The molecule has 1 aromatic carbocycles. The van der Waals surface area contributed by atoms with Gasteiger partial charge in [0.25, 0.3) is 5.91 Å². The van der Waals surface area contributed by atoms with Crippen LogP contribution in [0.15, 0.2) is 24.3 Å². The van der Waals surface area contributed by atoms with Gasteiger partial charge in [-0.1, -0.05) is 6.92 Å². The topological polar surface area (TPSA) is 65.1 Å². The number of carbonyl (C=O) groups is 2. The normalized spacial score (nSPS) is 11.6. The summed E-state index contributed by atoms with van der Waals surface area (Å²) in [4.78, 5) is 25.7. The molecule has 0 saturated heterocycles. The van der Waals surface area contributed by atoms with E-state index in [9.17, 15) is 9.59 Å². The standard InChI is InChI=1S/C16H23NO5/c1-12(16(19)22-4)11-17(9-10-20-2)15(18)13-5-7-14(21-3)8-6-13/h5-8,12H,9-11H2,1-4H3. The highest BCUT2D eigenvalue weighted by Gasteiger charge is 2.22. The van der Waals surface area contributed by atoms with Gasteiger partial charge in [0, 0.05) is 25.8 Å². The Kier molecular flexibility index (Phi) is 7.39. The highest BCUT2D eigenvalue weighted by atomic mass is 16.5. The monoisotopic (exact) mass is 309 g/mol. The van der Waals surface area contributed by atoms with Crippen LogP contribution in [0.5, 0.6) is 5.75 Å². The zero-order valence-electron chi connectivity index (χ0n) is 13.5. The predicted molar refractivity (Wildman–Crippen MR) is 82.0 cm³/mol. The van der Waals surface area contributed by atoms with E-state index in [4.69, 9.17) is 14.2 Å². The van der Waals surface area contributed by atoms with Crippen LogP contribution in [0.3, 0.4) is 0 Å². The van der Waals surface area contributed by atoms with Crippen LogP contribution in [-0.2, 0) is 14.3 Å². The highest BCUT2D eigenvalue weighted by molar-refractivity contribution is 5.94. The quantitative estimate of drug-likeness (QED) is 0.682. The molecule has 1 atom stereocenters. The smallest absolute Gasteiger partial charge is 0.310 e. The molecule has 6 nitrogen and oxygen atoms in total. The molecular formula is C16H23NO5. The fourth-order valence-electron chi connectivity index (χ4n) is 2.00. The Bertz CT molecular complexity index is 486. The Morgan fingerprint density at radius 3 is 2.27 bits per heavy atom. The predicted octanol–water partition coefficient (Wildman–Crippen LogP) is 1.59. The highest BCUT2D eigenvalue weighted by Crippen LogP contribution is 2.14. The van der Waals surface area contributed by atoms with E-state index in [0.29, 0.717) is 24.5 Å². The molecule has 1 amide bonds. The summed E-state index contributed by atoms with van der Waals surface area (Å²) in [5.74, 6) is -0.215. The lowest BCUT2D eigenvalue weighted by molar-refractivity contribution is -0.145. The number of esters is 1. The van der Waals surface area contributed by atoms with Crippen LogP contribution in [0.1, 0.15) is 17.3 Å². The molecule has 0 heterocycles. The molecule has 0 aliphatic rings. The zero-order valence-corrected chi connectivity index (χ0v) is 13.5. The van der Waals surface area contributed by atoms with Gasteiger partial charge in [-0.05, 0) is 24.3 Å². The number of nitrogens with zero attached hydrogens (tertiary/aromatic N) is 1. The van der Waals surface area contributed by atoms with Crippen molar-refractivity contribution in [2.24, 2.45) is 5.92 Å². The van der Waals surface area contributed by atoms with Gasteiger partial charge < -0.3 is 19.1 Å². The summed E-state index contributed by atoms with van der Waals surface area (Å²) in [5, 5.41) is 0. The SMILES string of the molecule is COCCN(CC(C)C(=O)OC)C(=O)c1ccc(OC)cc1. The fraction of sp³-hybridized carbons (Fsp3) is 0.500. The maximum Gasteiger partial charge on any atom is 0.310 e. The fourth-order valence-corrected chi connectivity index (χ4v) is 2.00. The number of hydrogen-bond donors (Lipinski definition) is 0. The third kappa shape index (κ3) is 5.04. The number of ether oxygens (including phenoxy) is 3. The van der Waals surface area contributed by atoms with Crippen molar-refractivity contribution in [3.63, 3.8) is 0 Å². The minimum absolute atomic E-state index is 0.157. The van der Waals surface area contributed by atoms with E-state index >= 15 is 0 Å². The Morgan fingerprint density at radius 1 is 1.14 bits per heavy atom. The van der Waals surface area contributed by atoms with Crippen molar-refractivity contribution in [2.45, 2.75) is 6.92 Å². The molecule has 1 rings (SSSR count). The number of carbonyl (C=O) groups excluding carboxylic acids is 2. The van der Waals surface area contributed by atoms with Crippen LogP contribution in [0.25, 0.3) is 0 Å². The van der Waals surface area contributed by atoms with Crippen molar-refractivity contribution < 1.29 is 23.8 Å². The molecule has 122 valence electrons. The lowest BCUT2D eigenvalue weighted by atomic mass is 10.1. The average Bonchev–Trinajstić information content (AvgIpc) is 2.56. The molecule has 0 spiro atoms. The van der Waals surface area contributed by atoms with Gasteiger partial charge in [0.15, 0.2) is 0 Å². The molecule has 0 bridgehead atoms. The summed E-state index contributed by atoms with van der Waals surface area (Å²) < 4.78 is 14.8. The zero-order chi connectivity index (χ0) is 16.5. The molecule has 0 fully saturated rings. The molecule has 22 heavy (non-hydrogen) atoms. The van der Waals surface area contributed by atoms with Gasteiger partial charge in [-0.25, -0.2) is 0 Å². The van der Waals surface area contributed by atoms with Crippen LogP contribution < -0.4 is 4.74 Å². The van der Waals surface area contributed by atoms with Gasteiger partial charge in [-0.15, -0.1) is 0 Å². The van der Waals surface area contributed by atoms with E-state index in [0.717, 1.165) is 0 Å². The first kappa shape index (κ1) is 18.0. The third-order valence-electron chi connectivity index (χ3n) is 3.29. The second-order valence-electron chi connectivity index (χ2n) is 4.90. The van der Waals surface area contributed by atoms with Crippen molar-refractivity contribution in [3.05, 3.63) is 29.8 Å². The summed E-state index contributed by atoms with van der Waals surface area (Å²) in [6.07, 6.45) is 0. The van der Waals surface area contributed by atoms with E-state index in [1.54, 1.807) is 50.3 Å². The summed E-state index contributed by atoms with van der Waals surface area (Å²) in [6, 6.07) is 6.85. The molecule has 0 aromatic heterocycles. The number of methoxy groups -OCH3 is 3. The van der Waals surface area contributed by atoms with Crippen LogP contribution in [0, 0.1) is 5.92 Å². The van der Waals surface area contributed by atoms with Gasteiger partial charge in [0.1, 0.15) is 5.75 Å². The summed E-state index contributed by atoms with van der Waals surface area (Å²) in [6.45, 7) is 2.81. The van der Waals surface area contributed by atoms with Crippen molar-refractivity contribution in [2.75, 3.05) is 41.0 Å². The summed E-state index contributed by atoms with van der Waals surface area (Å²) in [7, 11) is 4.48. The van der Waals surface area contributed by atoms with Gasteiger partial charge in [-0.3, -0.25) is 9.59 Å². The van der Waals surface area contributed by atoms with E-state index in [2.05, 4.69) is 0 Å². The molecule has 0 aliphatic carbocycles. The van der Waals surface area contributed by atoms with Crippen molar-refractivity contribution in [1.29, 1.82) is 0 Å². The minimum atomic E-state index is -0.399. The Morgan fingerprint density at radius 2 is 1.77 bits per heavy atom. The molecule has 1 unspecified atom stereocenters. The number of benzene rings is 1. The minimum Gasteiger partial charge on any atom is -0.497 e. The van der Waals surface area contributed by atoms with Crippen molar-refractivity contribution >= 4 is 11.9 Å². The van der Waals surface area contributed by atoms with Crippen LogP contribution in [0.2, 0.25) is 0 Å². The maximum atomic E-state index is 12.6. The first-order chi connectivity index (χ1) is 10.5. The lowest BCUT2D eigenvalue weighted by Gasteiger charge is -2.25. The van der Waals surface area contributed by atoms with Gasteiger partial charge >= 0.3 is 5.97 Å². The molecule has 6 heteroatoms. The van der Waals surface area contributed by atoms with Crippen LogP contribution >= 0.6 is 0 Å². The average molecular weight is 309 g/mol. The molecule has 0 saturated carbocycles. The second-order valence-corrected chi connectivity index (χ2v) is 4.90. The summed E-state index contributed by atoms with van der Waals surface area (Å²) >= 11 is 0. The number of amides is 1. The molecular weight excluding hydrogens is 286 g/mol. The van der Waals surface area contributed by atoms with Gasteiger partial charge in [-0.2, -0.15) is 0 Å². The molecule has 0 radical (unpaired) electrons. The Hall–Kier alpha value is -2.08. The first-order valence-electron chi connectivity index (χ1n) is 7.03. The third-order valence-corrected chi connectivity index (χ3v) is 3.29. The van der Waals surface area contributed by atoms with Crippen LogP contribution in [-0.4, -0.2) is 57.8 Å². The maximum absolute atomic E-state index is 12.6. The van der Waals surface area contributed by atoms with E-state index in [-0.39, 0.29) is 18.4 Å². The van der Waals surface area contributed by atoms with Crippen LogP contribution in [0.4, 0.5) is 0 Å². The largest absolute Gasteiger partial charge is 0.497 e. The van der Waals surface area contributed by atoms with E-state index in [1.807, 2.05) is 0 Å². The number of hydrogen-bond acceptors (Lipinski definition) is 5. The van der Waals surface area contributed by atoms with Gasteiger partial charge in [0.2, 0.25) is 0 Å². The number of rotatable bonds is 8. The summed E-state index contributed by atoms with van der Waals surface area (Å²) in [5.41, 5.74) is 0.536. The first-order valence-corrected chi connectivity index (χ1v) is 7.03.